The molecule has 0 radical (unpaired) electrons. The molecule has 9 heteroatoms. The van der Waals surface area contributed by atoms with E-state index in [0.29, 0.717) is 4.91 Å². The highest BCUT2D eigenvalue weighted by molar-refractivity contribution is 8.04. The van der Waals surface area contributed by atoms with E-state index in [1.165, 1.54) is 0 Å². The van der Waals surface area contributed by atoms with E-state index in [1.807, 2.05) is 60.4 Å². The number of aryl methyl sites for hydroxylation is 1. The van der Waals surface area contributed by atoms with Crippen molar-refractivity contribution in [2.45, 2.75) is 62.6 Å². The van der Waals surface area contributed by atoms with E-state index in [0.717, 1.165) is 67.1 Å². The van der Waals surface area contributed by atoms with Crippen LogP contribution in [-0.2, 0) is 9.53 Å². The maximum absolute atomic E-state index is 13.6. The van der Waals surface area contributed by atoms with Crippen LogP contribution in [0.25, 0.3) is 0 Å². The fourth-order valence-corrected chi connectivity index (χ4v) is 7.58. The Morgan fingerprint density at radius 3 is 2.58 bits per heavy atom. The van der Waals surface area contributed by atoms with E-state index in [-0.39, 0.29) is 41.4 Å². The standard InChI is InChI=1S/C29H34N4O4S/c1-17-16-21(37-20-6-4-3-5-7-20)12-13-22(17)33-23-14-15-30-28-24(23)25(32-29(33)35)26(38-28)27(34)31-18-8-10-19(36-2)11-9-18/h3-7,12-13,16,18-19,23-24,28,30H,8-11,14-15H2,1-2H3,(H,31,34)(H,32,35). The average molecular weight is 535 g/mol. The lowest BCUT2D eigenvalue weighted by molar-refractivity contribution is -0.117. The van der Waals surface area contributed by atoms with Gasteiger partial charge < -0.3 is 25.4 Å². The summed E-state index contributed by atoms with van der Waals surface area (Å²) in [6.07, 6.45) is 4.83. The Bertz CT molecular complexity index is 1240. The second kappa shape index (κ2) is 10.6. The minimum atomic E-state index is -0.185. The van der Waals surface area contributed by atoms with Crippen LogP contribution in [0.5, 0.6) is 11.5 Å². The zero-order chi connectivity index (χ0) is 26.2. The molecule has 4 aliphatic rings. The number of ether oxygens (including phenoxy) is 2. The third-order valence-electron chi connectivity index (χ3n) is 8.10. The number of hydrogen-bond donors (Lipinski definition) is 3. The molecule has 3 amide bonds. The summed E-state index contributed by atoms with van der Waals surface area (Å²) < 4.78 is 11.5. The Morgan fingerprint density at radius 2 is 1.84 bits per heavy atom. The van der Waals surface area contributed by atoms with Crippen molar-refractivity contribution in [1.82, 2.24) is 16.0 Å². The number of nitrogens with one attached hydrogen (secondary N) is 3. The van der Waals surface area contributed by atoms with Crippen molar-refractivity contribution in [3.63, 3.8) is 0 Å². The average Bonchev–Trinajstić information content (AvgIpc) is 3.30. The Morgan fingerprint density at radius 1 is 1.05 bits per heavy atom. The molecule has 3 fully saturated rings. The van der Waals surface area contributed by atoms with Gasteiger partial charge in [0.1, 0.15) is 11.5 Å². The van der Waals surface area contributed by atoms with Gasteiger partial charge in [-0.15, -0.1) is 0 Å². The molecule has 3 aliphatic heterocycles. The van der Waals surface area contributed by atoms with E-state index >= 15 is 0 Å². The Kier molecular flexibility index (Phi) is 7.07. The van der Waals surface area contributed by atoms with Crippen molar-refractivity contribution in [3.8, 4) is 11.5 Å². The summed E-state index contributed by atoms with van der Waals surface area (Å²) in [5.74, 6) is 1.45. The van der Waals surface area contributed by atoms with Crippen molar-refractivity contribution < 1.29 is 19.1 Å². The SMILES string of the molecule is COC1CCC(NC(=O)C2=C3NC(=O)N(c4ccc(Oc5ccccc5)cc4C)C4CCNC(S2)C34)CC1. The zero-order valence-corrected chi connectivity index (χ0v) is 22.6. The van der Waals surface area contributed by atoms with Gasteiger partial charge in [0.25, 0.3) is 5.91 Å². The molecule has 38 heavy (non-hydrogen) atoms. The van der Waals surface area contributed by atoms with Crippen LogP contribution < -0.4 is 25.6 Å². The smallest absolute Gasteiger partial charge is 0.326 e. The summed E-state index contributed by atoms with van der Waals surface area (Å²) in [4.78, 5) is 29.5. The summed E-state index contributed by atoms with van der Waals surface area (Å²) in [7, 11) is 1.75. The summed E-state index contributed by atoms with van der Waals surface area (Å²) in [5, 5.41) is 9.98. The normalized spacial score (nSPS) is 28.5. The van der Waals surface area contributed by atoms with Gasteiger partial charge in [0.05, 0.1) is 22.4 Å². The number of piperidine rings is 1. The first kappa shape index (κ1) is 25.3. The fourth-order valence-electron chi connectivity index (χ4n) is 6.18. The molecule has 6 rings (SSSR count). The number of nitrogens with zero attached hydrogens (tertiary/aromatic N) is 1. The predicted octanol–water partition coefficient (Wildman–Crippen LogP) is 4.65. The number of benzene rings is 2. The number of amides is 3. The molecule has 0 spiro atoms. The first-order chi connectivity index (χ1) is 18.5. The first-order valence-electron chi connectivity index (χ1n) is 13.4. The molecule has 3 N–H and O–H groups in total. The first-order valence-corrected chi connectivity index (χ1v) is 14.3. The summed E-state index contributed by atoms with van der Waals surface area (Å²) >= 11 is 1.55. The molecule has 1 saturated carbocycles. The van der Waals surface area contributed by atoms with Crippen LogP contribution in [0.2, 0.25) is 0 Å². The highest BCUT2D eigenvalue weighted by atomic mass is 32.2. The van der Waals surface area contributed by atoms with Gasteiger partial charge in [-0.25, -0.2) is 4.79 Å². The molecule has 0 aromatic heterocycles. The second-order valence-electron chi connectivity index (χ2n) is 10.5. The van der Waals surface area contributed by atoms with Crippen LogP contribution in [0.4, 0.5) is 10.5 Å². The second-order valence-corrected chi connectivity index (χ2v) is 11.6. The number of thioether (sulfide) groups is 1. The lowest BCUT2D eigenvalue weighted by Crippen LogP contribution is -2.62. The van der Waals surface area contributed by atoms with E-state index in [1.54, 1.807) is 18.9 Å². The Balaban J connectivity index is 1.22. The molecule has 2 saturated heterocycles. The number of carbonyl (C=O) groups excluding carboxylic acids is 2. The van der Waals surface area contributed by atoms with E-state index in [2.05, 4.69) is 16.0 Å². The molecule has 3 atom stereocenters. The van der Waals surface area contributed by atoms with Crippen LogP contribution >= 0.6 is 11.8 Å². The topological polar surface area (TPSA) is 91.9 Å². The molecule has 1 aliphatic carbocycles. The summed E-state index contributed by atoms with van der Waals surface area (Å²) in [6.45, 7) is 2.80. The predicted molar refractivity (Wildman–Crippen MR) is 148 cm³/mol. The number of hydrogen-bond acceptors (Lipinski definition) is 6. The number of methoxy groups -OCH3 is 1. The Hall–Kier alpha value is -3.01. The third-order valence-corrected chi connectivity index (χ3v) is 9.45. The fraction of sp³-hybridized carbons (Fsp3) is 0.448. The quantitative estimate of drug-likeness (QED) is 0.500. The third kappa shape index (κ3) is 4.79. The summed E-state index contributed by atoms with van der Waals surface area (Å²) in [5.41, 5.74) is 2.60. The molecule has 3 heterocycles. The van der Waals surface area contributed by atoms with Crippen LogP contribution in [0, 0.1) is 12.8 Å². The number of para-hydroxylation sites is 1. The van der Waals surface area contributed by atoms with E-state index in [9.17, 15) is 9.59 Å². The van der Waals surface area contributed by atoms with Crippen LogP contribution in [0.15, 0.2) is 59.1 Å². The van der Waals surface area contributed by atoms with Gasteiger partial charge in [-0.2, -0.15) is 0 Å². The van der Waals surface area contributed by atoms with E-state index < -0.39 is 0 Å². The summed E-state index contributed by atoms with van der Waals surface area (Å²) in [6, 6.07) is 15.4. The molecule has 3 unspecified atom stereocenters. The lowest BCUT2D eigenvalue weighted by atomic mass is 9.86. The van der Waals surface area contributed by atoms with Crippen molar-refractivity contribution in [1.29, 1.82) is 0 Å². The highest BCUT2D eigenvalue weighted by Crippen LogP contribution is 2.48. The van der Waals surface area contributed by atoms with Gasteiger partial charge in [0.15, 0.2) is 0 Å². The monoisotopic (exact) mass is 534 g/mol. The molecule has 2 aromatic rings. The minimum Gasteiger partial charge on any atom is -0.457 e. The van der Waals surface area contributed by atoms with Gasteiger partial charge in [-0.1, -0.05) is 30.0 Å². The van der Waals surface area contributed by atoms with Crippen molar-refractivity contribution in [2.75, 3.05) is 18.6 Å². The van der Waals surface area contributed by atoms with Gasteiger partial charge >= 0.3 is 6.03 Å². The van der Waals surface area contributed by atoms with Crippen molar-refractivity contribution in [3.05, 3.63) is 64.7 Å². The van der Waals surface area contributed by atoms with Crippen LogP contribution in [0.1, 0.15) is 37.7 Å². The van der Waals surface area contributed by atoms with Gasteiger partial charge in [-0.05, 0) is 81.5 Å². The largest absolute Gasteiger partial charge is 0.457 e. The van der Waals surface area contributed by atoms with Gasteiger partial charge in [0.2, 0.25) is 0 Å². The maximum Gasteiger partial charge on any atom is 0.326 e. The lowest BCUT2D eigenvalue weighted by Gasteiger charge is -2.46. The van der Waals surface area contributed by atoms with Crippen molar-refractivity contribution >= 4 is 29.4 Å². The van der Waals surface area contributed by atoms with Crippen LogP contribution in [-0.4, -0.2) is 49.2 Å². The molecular weight excluding hydrogens is 500 g/mol. The number of carbonyl (C=O) groups is 2. The van der Waals surface area contributed by atoms with Crippen molar-refractivity contribution in [2.24, 2.45) is 5.92 Å². The minimum absolute atomic E-state index is 0.0241. The van der Waals surface area contributed by atoms with Gasteiger partial charge in [-0.3, -0.25) is 9.69 Å². The molecule has 0 bridgehead atoms. The number of anilines is 1. The number of rotatable bonds is 6. The zero-order valence-electron chi connectivity index (χ0n) is 21.7. The highest BCUT2D eigenvalue weighted by Gasteiger charge is 2.52. The number of urea groups is 1. The van der Waals surface area contributed by atoms with Gasteiger partial charge in [0, 0.05) is 30.5 Å². The van der Waals surface area contributed by atoms with E-state index in [4.69, 9.17) is 9.47 Å². The molecular formula is C29H34N4O4S. The molecule has 200 valence electrons. The molecule has 8 nitrogen and oxygen atoms in total. The van der Waals surface area contributed by atoms with Crippen LogP contribution in [0.3, 0.4) is 0 Å². The maximum atomic E-state index is 13.6. The molecule has 2 aromatic carbocycles. The Labute approximate surface area is 227 Å².